The molecule has 0 heterocycles. The van der Waals surface area contributed by atoms with Crippen LogP contribution in [0, 0.1) is 5.82 Å². The SMILES string of the molecule is CO.CO.Nc1ccc(F)cc1NCCCNCCCCOCc1ccccc1. The first-order valence-electron chi connectivity index (χ1n) is 9.76. The number of benzene rings is 2. The van der Waals surface area contributed by atoms with Crippen molar-refractivity contribution in [1.29, 1.82) is 0 Å². The fraction of sp³-hybridized carbons (Fsp3) is 0.455. The van der Waals surface area contributed by atoms with Gasteiger partial charge < -0.3 is 31.3 Å². The number of hydrogen-bond acceptors (Lipinski definition) is 6. The number of aliphatic hydroxyl groups is 2. The molecule has 2 aromatic carbocycles. The second-order valence-electron chi connectivity index (χ2n) is 6.01. The summed E-state index contributed by atoms with van der Waals surface area (Å²) in [6.45, 7) is 4.14. The molecule has 0 aromatic heterocycles. The molecule has 0 fully saturated rings. The molecule has 29 heavy (non-hydrogen) atoms. The summed E-state index contributed by atoms with van der Waals surface area (Å²) >= 11 is 0. The van der Waals surface area contributed by atoms with Crippen molar-refractivity contribution in [2.75, 3.05) is 51.5 Å². The van der Waals surface area contributed by atoms with Crippen molar-refractivity contribution in [1.82, 2.24) is 5.32 Å². The highest BCUT2D eigenvalue weighted by Gasteiger charge is 2.00. The number of halogens is 1. The minimum atomic E-state index is -0.274. The van der Waals surface area contributed by atoms with Gasteiger partial charge in [0.15, 0.2) is 0 Å². The van der Waals surface area contributed by atoms with E-state index in [9.17, 15) is 4.39 Å². The van der Waals surface area contributed by atoms with Crippen LogP contribution in [0.5, 0.6) is 0 Å². The number of unbranched alkanes of at least 4 members (excludes halogenated alkanes) is 1. The van der Waals surface area contributed by atoms with Gasteiger partial charge in [-0.2, -0.15) is 0 Å². The third-order valence-electron chi connectivity index (χ3n) is 3.86. The maximum absolute atomic E-state index is 13.1. The number of ether oxygens (including phenoxy) is 1. The van der Waals surface area contributed by atoms with Gasteiger partial charge in [0.1, 0.15) is 5.82 Å². The summed E-state index contributed by atoms with van der Waals surface area (Å²) in [5, 5.41) is 20.6. The van der Waals surface area contributed by atoms with Crippen molar-refractivity contribution >= 4 is 11.4 Å². The van der Waals surface area contributed by atoms with E-state index in [2.05, 4.69) is 22.8 Å². The molecule has 0 aliphatic carbocycles. The lowest BCUT2D eigenvalue weighted by atomic mass is 10.2. The van der Waals surface area contributed by atoms with Gasteiger partial charge in [-0.15, -0.1) is 0 Å². The second kappa shape index (κ2) is 19.1. The minimum absolute atomic E-state index is 0.274. The Morgan fingerprint density at radius 2 is 1.59 bits per heavy atom. The largest absolute Gasteiger partial charge is 0.400 e. The van der Waals surface area contributed by atoms with Gasteiger partial charge in [-0.05, 0) is 56.1 Å². The maximum atomic E-state index is 13.1. The predicted octanol–water partition coefficient (Wildman–Crippen LogP) is 3.01. The van der Waals surface area contributed by atoms with E-state index in [1.807, 2.05) is 18.2 Å². The van der Waals surface area contributed by atoms with Crippen LogP contribution in [0.2, 0.25) is 0 Å². The Labute approximate surface area is 173 Å². The predicted molar refractivity (Wildman–Crippen MR) is 118 cm³/mol. The standard InChI is InChI=1S/C20H28FN3O.2CH4O/c21-18-9-10-19(22)20(15-18)24-13-6-12-23-11-4-5-14-25-16-17-7-2-1-3-8-17;2*1-2/h1-3,7-10,15,23-24H,4-6,11-14,16,22H2;2*2H,1H3. The van der Waals surface area contributed by atoms with Crippen LogP contribution in [0.3, 0.4) is 0 Å². The van der Waals surface area contributed by atoms with Gasteiger partial charge in [-0.25, -0.2) is 4.39 Å². The van der Waals surface area contributed by atoms with Crippen LogP contribution in [0.25, 0.3) is 0 Å². The van der Waals surface area contributed by atoms with E-state index in [4.69, 9.17) is 20.7 Å². The molecule has 0 saturated heterocycles. The molecule has 0 aliphatic heterocycles. The molecule has 0 radical (unpaired) electrons. The number of aliphatic hydroxyl groups excluding tert-OH is 2. The maximum Gasteiger partial charge on any atom is 0.125 e. The molecular formula is C22H36FN3O3. The molecule has 2 aromatic rings. The number of hydrogen-bond donors (Lipinski definition) is 5. The van der Waals surface area contributed by atoms with Crippen LogP contribution in [0.15, 0.2) is 48.5 Å². The van der Waals surface area contributed by atoms with Crippen molar-refractivity contribution in [3.8, 4) is 0 Å². The lowest BCUT2D eigenvalue weighted by Gasteiger charge is -2.10. The van der Waals surface area contributed by atoms with Crippen LogP contribution >= 0.6 is 0 Å². The Morgan fingerprint density at radius 3 is 2.31 bits per heavy atom. The quantitative estimate of drug-likeness (QED) is 0.273. The number of anilines is 2. The number of rotatable bonds is 12. The zero-order chi connectivity index (χ0) is 21.7. The molecule has 0 spiro atoms. The molecule has 0 unspecified atom stereocenters. The van der Waals surface area contributed by atoms with Crippen LogP contribution in [-0.4, -0.2) is 50.7 Å². The summed E-state index contributed by atoms with van der Waals surface area (Å²) in [4.78, 5) is 0. The number of nitrogen functional groups attached to an aromatic ring is 1. The van der Waals surface area contributed by atoms with E-state index in [1.165, 1.54) is 17.7 Å². The summed E-state index contributed by atoms with van der Waals surface area (Å²) in [7, 11) is 2.00. The van der Waals surface area contributed by atoms with E-state index in [0.717, 1.165) is 59.7 Å². The minimum Gasteiger partial charge on any atom is -0.400 e. The number of nitrogens with two attached hydrogens (primary N) is 1. The first-order chi connectivity index (χ1) is 14.3. The molecule has 0 bridgehead atoms. The Hall–Kier alpha value is -2.19. The van der Waals surface area contributed by atoms with Crippen molar-refractivity contribution in [3.05, 3.63) is 59.9 Å². The monoisotopic (exact) mass is 409 g/mol. The Balaban J connectivity index is 0.00000184. The van der Waals surface area contributed by atoms with Crippen LogP contribution in [-0.2, 0) is 11.3 Å². The molecule has 0 amide bonds. The van der Waals surface area contributed by atoms with Crippen molar-refractivity contribution in [2.45, 2.75) is 25.9 Å². The lowest BCUT2D eigenvalue weighted by molar-refractivity contribution is 0.117. The zero-order valence-corrected chi connectivity index (χ0v) is 17.5. The third-order valence-corrected chi connectivity index (χ3v) is 3.86. The summed E-state index contributed by atoms with van der Waals surface area (Å²) in [5.74, 6) is -0.274. The van der Waals surface area contributed by atoms with E-state index in [0.29, 0.717) is 18.0 Å². The van der Waals surface area contributed by atoms with E-state index in [-0.39, 0.29) is 5.82 Å². The van der Waals surface area contributed by atoms with Crippen molar-refractivity contribution in [3.63, 3.8) is 0 Å². The summed E-state index contributed by atoms with van der Waals surface area (Å²) in [5.41, 5.74) is 8.24. The average molecular weight is 410 g/mol. The van der Waals surface area contributed by atoms with Gasteiger partial charge >= 0.3 is 0 Å². The normalized spacial score (nSPS) is 9.69. The number of nitrogens with one attached hydrogen (secondary N) is 2. The highest BCUT2D eigenvalue weighted by molar-refractivity contribution is 5.65. The van der Waals surface area contributed by atoms with Crippen LogP contribution in [0.1, 0.15) is 24.8 Å². The topological polar surface area (TPSA) is 99.8 Å². The average Bonchev–Trinajstić information content (AvgIpc) is 2.78. The Kier molecular flexibility index (Phi) is 17.7. The van der Waals surface area contributed by atoms with Gasteiger partial charge in [-0.3, -0.25) is 0 Å². The van der Waals surface area contributed by atoms with Crippen LogP contribution < -0.4 is 16.4 Å². The van der Waals surface area contributed by atoms with Gasteiger partial charge in [0.25, 0.3) is 0 Å². The van der Waals surface area contributed by atoms with Crippen LogP contribution in [0.4, 0.5) is 15.8 Å². The molecule has 164 valence electrons. The van der Waals surface area contributed by atoms with Gasteiger partial charge in [0.05, 0.1) is 18.0 Å². The highest BCUT2D eigenvalue weighted by atomic mass is 19.1. The molecule has 6 nitrogen and oxygen atoms in total. The molecule has 0 saturated carbocycles. The first kappa shape index (κ1) is 26.8. The summed E-state index contributed by atoms with van der Waals surface area (Å²) < 4.78 is 18.8. The molecule has 6 N–H and O–H groups in total. The molecule has 0 aliphatic rings. The second-order valence-corrected chi connectivity index (χ2v) is 6.01. The van der Waals surface area contributed by atoms with Gasteiger partial charge in [0, 0.05) is 27.4 Å². The summed E-state index contributed by atoms with van der Waals surface area (Å²) in [6, 6.07) is 14.6. The fourth-order valence-corrected chi connectivity index (χ4v) is 2.46. The van der Waals surface area contributed by atoms with Gasteiger partial charge in [0.2, 0.25) is 0 Å². The molecule has 0 atom stereocenters. The third kappa shape index (κ3) is 13.6. The summed E-state index contributed by atoms with van der Waals surface area (Å²) in [6.07, 6.45) is 3.11. The lowest BCUT2D eigenvalue weighted by Crippen LogP contribution is -2.19. The van der Waals surface area contributed by atoms with E-state index < -0.39 is 0 Å². The Bertz CT molecular complexity index is 616. The first-order valence-corrected chi connectivity index (χ1v) is 9.76. The zero-order valence-electron chi connectivity index (χ0n) is 17.5. The van der Waals surface area contributed by atoms with E-state index in [1.54, 1.807) is 6.07 Å². The Morgan fingerprint density at radius 1 is 0.897 bits per heavy atom. The van der Waals surface area contributed by atoms with E-state index >= 15 is 0 Å². The molecule has 7 heteroatoms. The van der Waals surface area contributed by atoms with Crippen molar-refractivity contribution in [2.24, 2.45) is 0 Å². The smallest absolute Gasteiger partial charge is 0.125 e. The fourth-order valence-electron chi connectivity index (χ4n) is 2.46. The highest BCUT2D eigenvalue weighted by Crippen LogP contribution is 2.18. The van der Waals surface area contributed by atoms with Crippen molar-refractivity contribution < 1.29 is 19.3 Å². The molecular weight excluding hydrogens is 373 g/mol. The van der Waals surface area contributed by atoms with Gasteiger partial charge in [-0.1, -0.05) is 30.3 Å². The molecule has 2 rings (SSSR count).